The van der Waals surface area contributed by atoms with Gasteiger partial charge in [-0.1, -0.05) is 72.3 Å². The van der Waals surface area contributed by atoms with Crippen LogP contribution in [0.1, 0.15) is 32.4 Å². The van der Waals surface area contributed by atoms with Gasteiger partial charge < -0.3 is 4.74 Å². The molecule has 0 saturated heterocycles. The van der Waals surface area contributed by atoms with Crippen LogP contribution in [0.15, 0.2) is 84.9 Å². The van der Waals surface area contributed by atoms with E-state index in [1.54, 1.807) is 72.8 Å². The number of carbonyl (C=O) groups excluding carboxylic acids is 2. The second kappa shape index (κ2) is 7.77. The number of ether oxygens (including phenoxy) is 1. The smallest absolute Gasteiger partial charge is 0.339 e. The standard InChI is InChI=1S/C21H15ClO3/c22-18-13-11-16(12-14-18)20(19(23)15-7-3-1-4-8-15)25-21(24)17-9-5-2-6-10-17/h1-14,20H/t20-/m1/s1. The van der Waals surface area contributed by atoms with Crippen molar-refractivity contribution < 1.29 is 14.3 Å². The summed E-state index contributed by atoms with van der Waals surface area (Å²) in [6, 6.07) is 24.0. The molecule has 0 aliphatic carbocycles. The lowest BCUT2D eigenvalue weighted by molar-refractivity contribution is 0.0280. The number of benzene rings is 3. The number of halogens is 1. The molecule has 0 radical (unpaired) electrons. The molecule has 25 heavy (non-hydrogen) atoms. The molecule has 3 aromatic carbocycles. The molecule has 3 aromatic rings. The van der Waals surface area contributed by atoms with E-state index in [0.717, 1.165) is 0 Å². The summed E-state index contributed by atoms with van der Waals surface area (Å²) in [5, 5.41) is 0.545. The molecule has 0 heterocycles. The van der Waals surface area contributed by atoms with Gasteiger partial charge in [-0.25, -0.2) is 4.79 Å². The highest BCUT2D eigenvalue weighted by molar-refractivity contribution is 6.30. The molecule has 0 unspecified atom stereocenters. The summed E-state index contributed by atoms with van der Waals surface area (Å²) in [6.45, 7) is 0. The van der Waals surface area contributed by atoms with Crippen LogP contribution < -0.4 is 0 Å². The first-order chi connectivity index (χ1) is 12.1. The van der Waals surface area contributed by atoms with Crippen molar-refractivity contribution in [2.24, 2.45) is 0 Å². The average molecular weight is 351 g/mol. The summed E-state index contributed by atoms with van der Waals surface area (Å²) in [4.78, 5) is 25.3. The van der Waals surface area contributed by atoms with Gasteiger partial charge in [0.1, 0.15) is 0 Å². The van der Waals surface area contributed by atoms with Crippen molar-refractivity contribution in [1.29, 1.82) is 0 Å². The Morgan fingerprint density at radius 1 is 0.720 bits per heavy atom. The van der Waals surface area contributed by atoms with Crippen LogP contribution in [0, 0.1) is 0 Å². The van der Waals surface area contributed by atoms with Crippen LogP contribution in [-0.4, -0.2) is 11.8 Å². The summed E-state index contributed by atoms with van der Waals surface area (Å²) in [7, 11) is 0. The summed E-state index contributed by atoms with van der Waals surface area (Å²) in [6.07, 6.45) is -1.03. The molecule has 3 nitrogen and oxygen atoms in total. The van der Waals surface area contributed by atoms with Crippen molar-refractivity contribution in [2.45, 2.75) is 6.10 Å². The maximum Gasteiger partial charge on any atom is 0.339 e. The highest BCUT2D eigenvalue weighted by Gasteiger charge is 2.26. The lowest BCUT2D eigenvalue weighted by atomic mass is 9.99. The third-order valence-electron chi connectivity index (χ3n) is 3.70. The fourth-order valence-corrected chi connectivity index (χ4v) is 2.54. The lowest BCUT2D eigenvalue weighted by Crippen LogP contribution is -2.20. The second-order valence-corrected chi connectivity index (χ2v) is 5.87. The van der Waals surface area contributed by atoms with Gasteiger partial charge >= 0.3 is 5.97 Å². The fourth-order valence-electron chi connectivity index (χ4n) is 2.41. The van der Waals surface area contributed by atoms with E-state index in [-0.39, 0.29) is 5.78 Å². The number of ketones is 1. The number of hydrogen-bond acceptors (Lipinski definition) is 3. The van der Waals surface area contributed by atoms with Crippen molar-refractivity contribution >= 4 is 23.4 Å². The van der Waals surface area contributed by atoms with Gasteiger partial charge in [0, 0.05) is 16.1 Å². The van der Waals surface area contributed by atoms with E-state index in [4.69, 9.17) is 16.3 Å². The molecule has 0 aliphatic rings. The Kier molecular flexibility index (Phi) is 5.26. The second-order valence-electron chi connectivity index (χ2n) is 5.43. The van der Waals surface area contributed by atoms with Gasteiger partial charge in [-0.3, -0.25) is 4.79 Å². The molecule has 3 rings (SSSR count). The van der Waals surface area contributed by atoms with Crippen molar-refractivity contribution in [3.63, 3.8) is 0 Å². The van der Waals surface area contributed by atoms with E-state index in [1.807, 2.05) is 12.1 Å². The molecule has 1 atom stereocenters. The van der Waals surface area contributed by atoms with Crippen LogP contribution in [-0.2, 0) is 4.74 Å². The maximum absolute atomic E-state index is 12.9. The van der Waals surface area contributed by atoms with Crippen LogP contribution in [0.3, 0.4) is 0 Å². The van der Waals surface area contributed by atoms with Crippen molar-refractivity contribution in [3.8, 4) is 0 Å². The normalized spacial score (nSPS) is 11.6. The largest absolute Gasteiger partial charge is 0.445 e. The van der Waals surface area contributed by atoms with Crippen LogP contribution in [0.2, 0.25) is 5.02 Å². The van der Waals surface area contributed by atoms with E-state index in [2.05, 4.69) is 0 Å². The van der Waals surface area contributed by atoms with E-state index < -0.39 is 12.1 Å². The van der Waals surface area contributed by atoms with Gasteiger partial charge in [0.25, 0.3) is 0 Å². The molecular weight excluding hydrogens is 336 g/mol. The Balaban J connectivity index is 1.93. The van der Waals surface area contributed by atoms with Crippen LogP contribution >= 0.6 is 11.6 Å². The Morgan fingerprint density at radius 2 is 1.24 bits per heavy atom. The Labute approximate surface area is 150 Å². The van der Waals surface area contributed by atoms with E-state index in [0.29, 0.717) is 21.7 Å². The van der Waals surface area contributed by atoms with Gasteiger partial charge in [-0.05, 0) is 24.3 Å². The number of Topliss-reactive ketones (excluding diaryl/α,β-unsaturated/α-hetero) is 1. The van der Waals surface area contributed by atoms with E-state index >= 15 is 0 Å². The topological polar surface area (TPSA) is 43.4 Å². The highest BCUT2D eigenvalue weighted by Crippen LogP contribution is 2.25. The molecule has 0 aromatic heterocycles. The zero-order valence-electron chi connectivity index (χ0n) is 13.3. The molecule has 4 heteroatoms. The predicted molar refractivity (Wildman–Crippen MR) is 96.8 cm³/mol. The van der Waals surface area contributed by atoms with Crippen molar-refractivity contribution in [2.75, 3.05) is 0 Å². The first-order valence-electron chi connectivity index (χ1n) is 7.76. The summed E-state index contributed by atoms with van der Waals surface area (Å²) < 4.78 is 5.55. The average Bonchev–Trinajstić information content (AvgIpc) is 2.67. The van der Waals surface area contributed by atoms with Crippen molar-refractivity contribution in [1.82, 2.24) is 0 Å². The fraction of sp³-hybridized carbons (Fsp3) is 0.0476. The van der Waals surface area contributed by atoms with E-state index in [1.165, 1.54) is 0 Å². The van der Waals surface area contributed by atoms with Crippen LogP contribution in [0.25, 0.3) is 0 Å². The molecule has 0 saturated carbocycles. The molecule has 0 aliphatic heterocycles. The number of esters is 1. The molecular formula is C21H15ClO3. The minimum absolute atomic E-state index is 0.285. The predicted octanol–water partition coefficient (Wildman–Crippen LogP) is 5.12. The molecule has 0 fully saturated rings. The molecule has 124 valence electrons. The summed E-state index contributed by atoms with van der Waals surface area (Å²) in [5.41, 5.74) is 1.44. The minimum atomic E-state index is -1.03. The zero-order chi connectivity index (χ0) is 17.6. The number of rotatable bonds is 5. The summed E-state index contributed by atoms with van der Waals surface area (Å²) in [5.74, 6) is -0.836. The van der Waals surface area contributed by atoms with Crippen LogP contribution in [0.4, 0.5) is 0 Å². The third kappa shape index (κ3) is 4.14. The first-order valence-corrected chi connectivity index (χ1v) is 8.14. The van der Waals surface area contributed by atoms with Gasteiger partial charge in [0.05, 0.1) is 5.56 Å². The zero-order valence-corrected chi connectivity index (χ0v) is 14.0. The number of carbonyl (C=O) groups is 2. The summed E-state index contributed by atoms with van der Waals surface area (Å²) >= 11 is 5.92. The van der Waals surface area contributed by atoms with Gasteiger partial charge in [-0.2, -0.15) is 0 Å². The van der Waals surface area contributed by atoms with Gasteiger partial charge in [0.15, 0.2) is 6.10 Å². The monoisotopic (exact) mass is 350 g/mol. The van der Waals surface area contributed by atoms with Gasteiger partial charge in [0.2, 0.25) is 5.78 Å². The van der Waals surface area contributed by atoms with E-state index in [9.17, 15) is 9.59 Å². The Morgan fingerprint density at radius 3 is 1.80 bits per heavy atom. The molecule has 0 bridgehead atoms. The number of hydrogen-bond donors (Lipinski definition) is 0. The minimum Gasteiger partial charge on any atom is -0.445 e. The lowest BCUT2D eigenvalue weighted by Gasteiger charge is -2.17. The van der Waals surface area contributed by atoms with Crippen LogP contribution in [0.5, 0.6) is 0 Å². The van der Waals surface area contributed by atoms with Gasteiger partial charge in [-0.15, -0.1) is 0 Å². The quantitative estimate of drug-likeness (QED) is 0.473. The third-order valence-corrected chi connectivity index (χ3v) is 3.96. The Bertz CT molecular complexity index is 859. The Hall–Kier alpha value is -2.91. The SMILES string of the molecule is O=C(O[C@@H](C(=O)c1ccccc1)c1ccc(Cl)cc1)c1ccccc1. The maximum atomic E-state index is 12.9. The highest BCUT2D eigenvalue weighted by atomic mass is 35.5. The molecule has 0 N–H and O–H groups in total. The van der Waals surface area contributed by atoms with Crippen molar-refractivity contribution in [3.05, 3.63) is 107 Å². The molecule has 0 spiro atoms. The molecule has 0 amide bonds. The first kappa shape index (κ1) is 16.9.